The molecule has 19 heavy (non-hydrogen) atoms. The molecule has 0 fully saturated rings. The van der Waals surface area contributed by atoms with Gasteiger partial charge in [-0.15, -0.1) is 11.3 Å². The highest BCUT2D eigenvalue weighted by Gasteiger charge is 2.11. The maximum atomic E-state index is 11.8. The molecule has 0 saturated carbocycles. The molecular weight excluding hydrogens is 258 g/mol. The van der Waals surface area contributed by atoms with Gasteiger partial charge in [-0.1, -0.05) is 36.4 Å². The summed E-state index contributed by atoms with van der Waals surface area (Å²) in [6.45, 7) is 0.170. The summed E-state index contributed by atoms with van der Waals surface area (Å²) in [5, 5.41) is 10.9. The van der Waals surface area contributed by atoms with Gasteiger partial charge in [-0.2, -0.15) is 5.26 Å². The van der Waals surface area contributed by atoms with Crippen molar-refractivity contribution in [2.45, 2.75) is 6.61 Å². The quantitative estimate of drug-likeness (QED) is 0.485. The summed E-state index contributed by atoms with van der Waals surface area (Å²) >= 11 is 1.46. The van der Waals surface area contributed by atoms with E-state index in [0.717, 1.165) is 10.4 Å². The summed E-state index contributed by atoms with van der Waals surface area (Å²) in [5.74, 6) is -0.597. The SMILES string of the molecule is N#C/C(=C\c1cccs1)C(=O)OCc1ccccc1. The number of nitriles is 1. The molecule has 1 heterocycles. The molecule has 0 amide bonds. The van der Waals surface area contributed by atoms with E-state index < -0.39 is 5.97 Å². The van der Waals surface area contributed by atoms with Crippen LogP contribution >= 0.6 is 11.3 Å². The Bertz CT molecular complexity index is 609. The first-order chi connectivity index (χ1) is 9.29. The normalized spacial score (nSPS) is 10.8. The lowest BCUT2D eigenvalue weighted by atomic mass is 10.2. The van der Waals surface area contributed by atoms with Gasteiger partial charge >= 0.3 is 5.97 Å². The van der Waals surface area contributed by atoms with Crippen LogP contribution in [0.4, 0.5) is 0 Å². The maximum Gasteiger partial charge on any atom is 0.349 e. The number of rotatable bonds is 4. The highest BCUT2D eigenvalue weighted by molar-refractivity contribution is 7.10. The minimum Gasteiger partial charge on any atom is -0.457 e. The zero-order valence-electron chi connectivity index (χ0n) is 10.1. The number of hydrogen-bond acceptors (Lipinski definition) is 4. The molecule has 2 aromatic rings. The summed E-state index contributed by atoms with van der Waals surface area (Å²) in [7, 11) is 0. The third-order valence-corrected chi connectivity index (χ3v) is 3.20. The van der Waals surface area contributed by atoms with E-state index in [4.69, 9.17) is 10.00 Å². The van der Waals surface area contributed by atoms with E-state index in [1.165, 1.54) is 17.4 Å². The molecule has 1 aromatic carbocycles. The predicted octanol–water partition coefficient (Wildman–Crippen LogP) is 3.40. The fraction of sp³-hybridized carbons (Fsp3) is 0.0667. The molecule has 0 aliphatic carbocycles. The van der Waals surface area contributed by atoms with E-state index in [1.54, 1.807) is 0 Å². The first-order valence-electron chi connectivity index (χ1n) is 5.66. The van der Waals surface area contributed by atoms with Gasteiger partial charge in [-0.05, 0) is 23.1 Å². The average Bonchev–Trinajstić information content (AvgIpc) is 2.96. The number of ether oxygens (including phenoxy) is 1. The highest BCUT2D eigenvalue weighted by atomic mass is 32.1. The van der Waals surface area contributed by atoms with E-state index in [-0.39, 0.29) is 12.2 Å². The number of esters is 1. The minimum atomic E-state index is -0.597. The Morgan fingerprint density at radius 3 is 2.68 bits per heavy atom. The molecular formula is C15H11NO2S. The van der Waals surface area contributed by atoms with E-state index >= 15 is 0 Å². The summed E-state index contributed by atoms with van der Waals surface area (Å²) in [5.41, 5.74) is 0.905. The first-order valence-corrected chi connectivity index (χ1v) is 6.54. The van der Waals surface area contributed by atoms with Gasteiger partial charge in [0.25, 0.3) is 0 Å². The Morgan fingerprint density at radius 1 is 1.26 bits per heavy atom. The van der Waals surface area contributed by atoms with Crippen molar-refractivity contribution in [1.82, 2.24) is 0 Å². The largest absolute Gasteiger partial charge is 0.457 e. The third-order valence-electron chi connectivity index (χ3n) is 2.38. The molecule has 0 atom stereocenters. The molecule has 0 radical (unpaired) electrons. The van der Waals surface area contributed by atoms with Gasteiger partial charge in [0.15, 0.2) is 0 Å². The molecule has 4 heteroatoms. The van der Waals surface area contributed by atoms with Crippen molar-refractivity contribution >= 4 is 23.4 Å². The van der Waals surface area contributed by atoms with Crippen molar-refractivity contribution in [3.63, 3.8) is 0 Å². The second-order valence-electron chi connectivity index (χ2n) is 3.75. The highest BCUT2D eigenvalue weighted by Crippen LogP contribution is 2.14. The van der Waals surface area contributed by atoms with Crippen LogP contribution in [-0.2, 0) is 16.1 Å². The van der Waals surface area contributed by atoms with Gasteiger partial charge < -0.3 is 4.74 Å². The second kappa shape index (κ2) is 6.53. The van der Waals surface area contributed by atoms with Crippen LogP contribution in [0.25, 0.3) is 6.08 Å². The lowest BCUT2D eigenvalue weighted by Gasteiger charge is -2.03. The molecule has 1 aromatic heterocycles. The molecule has 0 aliphatic rings. The zero-order valence-corrected chi connectivity index (χ0v) is 10.9. The van der Waals surface area contributed by atoms with Crippen molar-refractivity contribution in [1.29, 1.82) is 5.26 Å². The molecule has 2 rings (SSSR count). The molecule has 3 nitrogen and oxygen atoms in total. The Labute approximate surface area is 115 Å². The molecule has 0 bridgehead atoms. The van der Waals surface area contributed by atoms with Gasteiger partial charge in [0, 0.05) is 4.88 Å². The van der Waals surface area contributed by atoms with Gasteiger partial charge in [-0.25, -0.2) is 4.79 Å². The number of thiophene rings is 1. The molecule has 0 N–H and O–H groups in total. The first kappa shape index (κ1) is 13.1. The Kier molecular flexibility index (Phi) is 4.49. The summed E-state index contributed by atoms with van der Waals surface area (Å²) in [6.07, 6.45) is 1.54. The molecule has 0 aliphatic heterocycles. The van der Waals surface area contributed by atoms with Crippen LogP contribution < -0.4 is 0 Å². The Balaban J connectivity index is 2.01. The number of nitrogens with zero attached hydrogens (tertiary/aromatic N) is 1. The smallest absolute Gasteiger partial charge is 0.349 e. The standard InChI is InChI=1S/C15H11NO2S/c16-10-13(9-14-7-4-8-19-14)15(17)18-11-12-5-2-1-3-6-12/h1-9H,11H2/b13-9+. The lowest BCUT2D eigenvalue weighted by molar-refractivity contribution is -0.139. The van der Waals surface area contributed by atoms with E-state index in [0.29, 0.717) is 0 Å². The molecule has 0 unspecified atom stereocenters. The minimum absolute atomic E-state index is 0.0124. The lowest BCUT2D eigenvalue weighted by Crippen LogP contribution is -2.06. The Morgan fingerprint density at radius 2 is 2.05 bits per heavy atom. The average molecular weight is 269 g/mol. The van der Waals surface area contributed by atoms with Crippen LogP contribution in [0.1, 0.15) is 10.4 Å². The monoisotopic (exact) mass is 269 g/mol. The topological polar surface area (TPSA) is 50.1 Å². The fourth-order valence-electron chi connectivity index (χ4n) is 1.45. The van der Waals surface area contributed by atoms with Crippen LogP contribution in [0.15, 0.2) is 53.4 Å². The van der Waals surface area contributed by atoms with Crippen molar-refractivity contribution in [3.05, 3.63) is 63.9 Å². The summed E-state index contributed by atoms with van der Waals surface area (Å²) < 4.78 is 5.10. The summed E-state index contributed by atoms with van der Waals surface area (Å²) in [4.78, 5) is 12.6. The van der Waals surface area contributed by atoms with Crippen molar-refractivity contribution in [3.8, 4) is 6.07 Å². The number of carbonyl (C=O) groups excluding carboxylic acids is 1. The van der Waals surface area contributed by atoms with Gasteiger partial charge in [-0.3, -0.25) is 0 Å². The zero-order chi connectivity index (χ0) is 13.5. The molecule has 94 valence electrons. The third kappa shape index (κ3) is 3.80. The van der Waals surface area contributed by atoms with Crippen molar-refractivity contribution in [2.24, 2.45) is 0 Å². The van der Waals surface area contributed by atoms with Crippen LogP contribution in [0, 0.1) is 11.3 Å². The molecule has 0 spiro atoms. The number of benzene rings is 1. The van der Waals surface area contributed by atoms with Crippen LogP contribution in [0.3, 0.4) is 0 Å². The maximum absolute atomic E-state index is 11.8. The van der Waals surface area contributed by atoms with E-state index in [2.05, 4.69) is 0 Å². The number of carbonyl (C=O) groups is 1. The number of hydrogen-bond donors (Lipinski definition) is 0. The second-order valence-corrected chi connectivity index (χ2v) is 4.73. The van der Waals surface area contributed by atoms with E-state index in [9.17, 15) is 4.79 Å². The van der Waals surface area contributed by atoms with Gasteiger partial charge in [0.2, 0.25) is 0 Å². The van der Waals surface area contributed by atoms with Gasteiger partial charge in [0.1, 0.15) is 18.2 Å². The van der Waals surface area contributed by atoms with Crippen molar-refractivity contribution < 1.29 is 9.53 Å². The fourth-order valence-corrected chi connectivity index (χ4v) is 2.11. The predicted molar refractivity (Wildman–Crippen MR) is 74.1 cm³/mol. The van der Waals surface area contributed by atoms with Crippen LogP contribution in [0.5, 0.6) is 0 Å². The molecule has 0 saturated heterocycles. The van der Waals surface area contributed by atoms with Crippen LogP contribution in [-0.4, -0.2) is 5.97 Å². The Hall–Kier alpha value is -2.38. The van der Waals surface area contributed by atoms with Crippen molar-refractivity contribution in [2.75, 3.05) is 0 Å². The van der Waals surface area contributed by atoms with E-state index in [1.807, 2.05) is 53.9 Å². The van der Waals surface area contributed by atoms with Crippen LogP contribution in [0.2, 0.25) is 0 Å². The summed E-state index contributed by atoms with van der Waals surface area (Å²) in [6, 6.07) is 14.9. The van der Waals surface area contributed by atoms with Gasteiger partial charge in [0.05, 0.1) is 0 Å².